The second-order valence-corrected chi connectivity index (χ2v) is 5.25. The molecule has 7 heteroatoms. The van der Waals surface area contributed by atoms with Gasteiger partial charge < -0.3 is 20.3 Å². The smallest absolute Gasteiger partial charge is 0.251 e. The Morgan fingerprint density at radius 3 is 2.65 bits per heavy atom. The molecule has 1 saturated heterocycles. The van der Waals surface area contributed by atoms with Crippen molar-refractivity contribution in [2.45, 2.75) is 24.4 Å². The zero-order chi connectivity index (χ0) is 14.9. The topological polar surface area (TPSA) is 78.8 Å². The van der Waals surface area contributed by atoms with Crippen LogP contribution in [0.4, 0.5) is 0 Å². The fourth-order valence-corrected chi connectivity index (χ4v) is 2.28. The largest absolute Gasteiger partial charge is 0.394 e. The molecule has 1 aromatic rings. The molecule has 3 N–H and O–H groups in total. The molecule has 0 aliphatic carbocycles. The maximum absolute atomic E-state index is 12.1. The first-order valence-electron chi connectivity index (χ1n) is 5.90. The molecule has 5 nitrogen and oxygen atoms in total. The quantitative estimate of drug-likeness (QED) is 0.774. The number of carbonyl (C=O) groups is 1. The highest BCUT2D eigenvalue weighted by atomic mass is 35.5. The normalized spacial score (nSPS) is 29.4. The number of benzene rings is 1. The Morgan fingerprint density at radius 2 is 2.10 bits per heavy atom. The molecule has 0 spiro atoms. The van der Waals surface area contributed by atoms with E-state index in [9.17, 15) is 9.90 Å². The van der Waals surface area contributed by atoms with Crippen LogP contribution in [0.5, 0.6) is 0 Å². The van der Waals surface area contributed by atoms with Gasteiger partial charge in [0.25, 0.3) is 5.91 Å². The van der Waals surface area contributed by atoms with E-state index in [-0.39, 0.29) is 17.2 Å². The Labute approximate surface area is 126 Å². The van der Waals surface area contributed by atoms with Gasteiger partial charge in [-0.05, 0) is 25.1 Å². The predicted molar refractivity (Wildman–Crippen MR) is 73.8 cm³/mol. The molecule has 4 atom stereocenters. The molecule has 1 unspecified atom stereocenters. The van der Waals surface area contributed by atoms with E-state index < -0.39 is 30.3 Å². The molecular formula is C13H13Cl2NO4. The zero-order valence-electron chi connectivity index (χ0n) is 10.3. The van der Waals surface area contributed by atoms with Crippen molar-refractivity contribution < 1.29 is 19.7 Å². The molecule has 1 amide bonds. The second-order valence-electron chi connectivity index (χ2n) is 4.44. The predicted octanol–water partition coefficient (Wildman–Crippen LogP) is 0.923. The Bertz CT molecular complexity index is 511. The SMILES string of the molecule is [CH][C@@H]1O[C@H](CO)[C@H](O)C1NC(=O)c1ccc(Cl)c(Cl)c1. The lowest BCUT2D eigenvalue weighted by Gasteiger charge is -2.19. The molecule has 1 aliphatic heterocycles. The van der Waals surface area contributed by atoms with Gasteiger partial charge in [0.1, 0.15) is 12.2 Å². The highest BCUT2D eigenvalue weighted by Crippen LogP contribution is 2.24. The summed E-state index contributed by atoms with van der Waals surface area (Å²) in [7, 11) is 0. The summed E-state index contributed by atoms with van der Waals surface area (Å²) < 4.78 is 5.13. The minimum atomic E-state index is -1.08. The summed E-state index contributed by atoms with van der Waals surface area (Å²) in [6, 6.07) is 3.60. The third-order valence-corrected chi connectivity index (χ3v) is 3.83. The standard InChI is InChI=1S/C13H13Cl2NO4/c1-6-11(12(18)10(5-17)20-6)16-13(19)7-2-3-8(14)9(15)4-7/h1-4,6,10-12,17-18H,5H2,(H,16,19)/t6-,10+,11?,12-/m0/s1. The lowest BCUT2D eigenvalue weighted by molar-refractivity contribution is -0.0114. The third kappa shape index (κ3) is 3.07. The number of aliphatic hydroxyl groups is 2. The molecule has 0 bridgehead atoms. The van der Waals surface area contributed by atoms with Crippen LogP contribution in [0.3, 0.4) is 0 Å². The molecule has 1 aliphatic rings. The van der Waals surface area contributed by atoms with Crippen molar-refractivity contribution in [1.29, 1.82) is 0 Å². The van der Waals surface area contributed by atoms with Gasteiger partial charge in [0.05, 0.1) is 28.8 Å². The van der Waals surface area contributed by atoms with Crippen molar-refractivity contribution in [1.82, 2.24) is 5.32 Å². The molecule has 1 heterocycles. The number of hydrogen-bond donors (Lipinski definition) is 3. The molecule has 0 aromatic heterocycles. The van der Waals surface area contributed by atoms with Crippen LogP contribution in [0.15, 0.2) is 18.2 Å². The van der Waals surface area contributed by atoms with Crippen molar-refractivity contribution in [3.8, 4) is 0 Å². The molecule has 2 radical (unpaired) electrons. The number of ether oxygens (including phenoxy) is 1. The Hall–Kier alpha value is -0.850. The van der Waals surface area contributed by atoms with Crippen molar-refractivity contribution in [2.24, 2.45) is 0 Å². The summed E-state index contributed by atoms with van der Waals surface area (Å²) in [6.07, 6.45) is -2.79. The van der Waals surface area contributed by atoms with E-state index in [0.717, 1.165) is 0 Å². The van der Waals surface area contributed by atoms with E-state index in [1.54, 1.807) is 0 Å². The van der Waals surface area contributed by atoms with Gasteiger partial charge in [-0.25, -0.2) is 0 Å². The van der Waals surface area contributed by atoms with Crippen LogP contribution in [-0.2, 0) is 4.74 Å². The highest BCUT2D eigenvalue weighted by molar-refractivity contribution is 6.42. The van der Waals surface area contributed by atoms with Gasteiger partial charge >= 0.3 is 0 Å². The summed E-state index contributed by atoms with van der Waals surface area (Å²) >= 11 is 11.6. The van der Waals surface area contributed by atoms with Crippen LogP contribution >= 0.6 is 23.2 Å². The van der Waals surface area contributed by atoms with Crippen LogP contribution in [0.2, 0.25) is 10.0 Å². The highest BCUT2D eigenvalue weighted by Gasteiger charge is 2.41. The second kappa shape index (κ2) is 6.28. The van der Waals surface area contributed by atoms with Crippen molar-refractivity contribution >= 4 is 29.1 Å². The first-order valence-corrected chi connectivity index (χ1v) is 6.65. The summed E-state index contributed by atoms with van der Waals surface area (Å²) in [5.74, 6) is -0.467. The summed E-state index contributed by atoms with van der Waals surface area (Å²) in [5.41, 5.74) is 0.284. The number of hydrogen-bond acceptors (Lipinski definition) is 4. The lowest BCUT2D eigenvalue weighted by atomic mass is 10.0. The van der Waals surface area contributed by atoms with E-state index >= 15 is 0 Å². The van der Waals surface area contributed by atoms with Crippen molar-refractivity contribution in [3.05, 3.63) is 40.7 Å². The van der Waals surface area contributed by atoms with Crippen LogP contribution in [0.25, 0.3) is 0 Å². The minimum absolute atomic E-state index is 0.250. The van der Waals surface area contributed by atoms with E-state index in [4.69, 9.17) is 40.0 Å². The van der Waals surface area contributed by atoms with E-state index in [2.05, 4.69) is 5.32 Å². The summed E-state index contributed by atoms with van der Waals surface area (Å²) in [5, 5.41) is 22.0. The van der Waals surface area contributed by atoms with E-state index in [1.165, 1.54) is 18.2 Å². The molecule has 1 aromatic carbocycles. The third-order valence-electron chi connectivity index (χ3n) is 3.09. The van der Waals surface area contributed by atoms with Gasteiger partial charge in [0.15, 0.2) is 0 Å². The number of carbonyl (C=O) groups excluding carboxylic acids is 1. The van der Waals surface area contributed by atoms with Gasteiger partial charge in [-0.3, -0.25) is 4.79 Å². The molecular weight excluding hydrogens is 305 g/mol. The van der Waals surface area contributed by atoms with Gasteiger partial charge in [0, 0.05) is 5.56 Å². The molecule has 0 saturated carbocycles. The maximum atomic E-state index is 12.1. The van der Waals surface area contributed by atoms with Gasteiger partial charge in [0.2, 0.25) is 0 Å². The number of amides is 1. The molecule has 108 valence electrons. The Kier molecular flexibility index (Phi) is 4.88. The van der Waals surface area contributed by atoms with Crippen LogP contribution < -0.4 is 5.32 Å². The van der Waals surface area contributed by atoms with Crippen LogP contribution in [0, 0.1) is 6.92 Å². The van der Waals surface area contributed by atoms with Crippen molar-refractivity contribution in [2.75, 3.05) is 6.61 Å². The van der Waals surface area contributed by atoms with Crippen molar-refractivity contribution in [3.63, 3.8) is 0 Å². The van der Waals surface area contributed by atoms with Gasteiger partial charge in [-0.15, -0.1) is 0 Å². The zero-order valence-corrected chi connectivity index (χ0v) is 11.8. The average molecular weight is 318 g/mol. The lowest BCUT2D eigenvalue weighted by Crippen LogP contribution is -2.47. The monoisotopic (exact) mass is 317 g/mol. The average Bonchev–Trinajstić information content (AvgIpc) is 2.69. The van der Waals surface area contributed by atoms with Gasteiger partial charge in [-0.2, -0.15) is 0 Å². The number of halogens is 2. The molecule has 1 fully saturated rings. The molecule has 2 rings (SSSR count). The fraction of sp³-hybridized carbons (Fsp3) is 0.385. The van der Waals surface area contributed by atoms with Gasteiger partial charge in [-0.1, -0.05) is 23.2 Å². The summed E-state index contributed by atoms with van der Waals surface area (Å²) in [4.78, 5) is 12.1. The minimum Gasteiger partial charge on any atom is -0.394 e. The maximum Gasteiger partial charge on any atom is 0.251 e. The van der Waals surface area contributed by atoms with E-state index in [0.29, 0.717) is 5.02 Å². The van der Waals surface area contributed by atoms with Crippen LogP contribution in [-0.4, -0.2) is 47.1 Å². The first kappa shape index (κ1) is 15.5. The number of aliphatic hydroxyl groups excluding tert-OH is 2. The Morgan fingerprint density at radius 1 is 1.40 bits per heavy atom. The Balaban J connectivity index is 2.09. The fourth-order valence-electron chi connectivity index (χ4n) is 1.98. The molecule has 20 heavy (non-hydrogen) atoms. The first-order chi connectivity index (χ1) is 9.43. The van der Waals surface area contributed by atoms with E-state index in [1.807, 2.05) is 0 Å². The summed E-state index contributed by atoms with van der Waals surface area (Å²) in [6.45, 7) is 5.28. The number of rotatable bonds is 3. The van der Waals surface area contributed by atoms with Crippen LogP contribution in [0.1, 0.15) is 10.4 Å². The number of nitrogens with one attached hydrogen (secondary N) is 1.